The van der Waals surface area contributed by atoms with Gasteiger partial charge in [0.2, 0.25) is 5.91 Å². The highest BCUT2D eigenvalue weighted by Gasteiger charge is 2.29. The van der Waals surface area contributed by atoms with Crippen LogP contribution >= 0.6 is 15.9 Å². The number of halogens is 1. The van der Waals surface area contributed by atoms with E-state index < -0.39 is 18.1 Å². The molecule has 0 unspecified atom stereocenters. The first-order valence-electron chi connectivity index (χ1n) is 10.8. The van der Waals surface area contributed by atoms with Crippen molar-refractivity contribution in [2.75, 3.05) is 11.9 Å². The highest BCUT2D eigenvalue weighted by atomic mass is 79.9. The maximum Gasteiger partial charge on any atom is 0.407 e. The minimum absolute atomic E-state index is 0.000879. The molecule has 0 radical (unpaired) electrons. The van der Waals surface area contributed by atoms with Crippen molar-refractivity contribution in [3.8, 4) is 11.1 Å². The van der Waals surface area contributed by atoms with Crippen LogP contribution in [0.25, 0.3) is 11.1 Å². The molecule has 2 amide bonds. The molecule has 0 aromatic heterocycles. The number of carboxylic acid groups (broad SMARTS) is 1. The number of fused-ring (bicyclic) bond motifs is 3. The number of hydrogen-bond donors (Lipinski definition) is 3. The number of carbonyl (C=O) groups is 3. The Morgan fingerprint density at radius 2 is 1.62 bits per heavy atom. The number of benzene rings is 3. The molecule has 1 atom stereocenters. The molecule has 0 heterocycles. The Kier molecular flexibility index (Phi) is 6.98. The van der Waals surface area contributed by atoms with Gasteiger partial charge in [-0.15, -0.1) is 0 Å². The first kappa shape index (κ1) is 23.5. The van der Waals surface area contributed by atoms with Crippen LogP contribution in [0.3, 0.4) is 0 Å². The molecule has 1 aliphatic rings. The van der Waals surface area contributed by atoms with Crippen molar-refractivity contribution in [2.24, 2.45) is 0 Å². The zero-order valence-electron chi connectivity index (χ0n) is 18.4. The molecule has 0 aliphatic heterocycles. The van der Waals surface area contributed by atoms with Gasteiger partial charge in [0.15, 0.2) is 0 Å². The molecule has 3 N–H and O–H groups in total. The summed E-state index contributed by atoms with van der Waals surface area (Å²) in [7, 11) is 0. The topological polar surface area (TPSA) is 105 Å². The van der Waals surface area contributed by atoms with Gasteiger partial charge in [-0.2, -0.15) is 0 Å². The smallest absolute Gasteiger partial charge is 0.407 e. The molecule has 3 aromatic carbocycles. The van der Waals surface area contributed by atoms with Crippen molar-refractivity contribution in [1.82, 2.24) is 5.32 Å². The van der Waals surface area contributed by atoms with Gasteiger partial charge in [0.1, 0.15) is 6.61 Å². The summed E-state index contributed by atoms with van der Waals surface area (Å²) in [6.07, 6.45) is -0.600. The van der Waals surface area contributed by atoms with E-state index in [4.69, 9.17) is 9.84 Å². The summed E-state index contributed by atoms with van der Waals surface area (Å²) in [4.78, 5) is 36.0. The van der Waals surface area contributed by atoms with E-state index in [-0.39, 0.29) is 30.4 Å². The molecule has 0 fully saturated rings. The van der Waals surface area contributed by atoms with Gasteiger partial charge < -0.3 is 20.5 Å². The first-order valence-corrected chi connectivity index (χ1v) is 11.6. The quantitative estimate of drug-likeness (QED) is 0.385. The van der Waals surface area contributed by atoms with E-state index in [1.54, 1.807) is 13.0 Å². The number of rotatable bonds is 7. The second-order valence-corrected chi connectivity index (χ2v) is 9.07. The zero-order valence-corrected chi connectivity index (χ0v) is 20.0. The number of ether oxygens (including phenoxy) is 1. The summed E-state index contributed by atoms with van der Waals surface area (Å²) in [6.45, 7) is 1.89. The molecule has 8 heteroatoms. The third-order valence-electron chi connectivity index (χ3n) is 5.63. The SMILES string of the molecule is C[C@@H](CC(=O)Nc1cc(Br)cc(C(=O)O)c1)NC(=O)OCC1c2ccccc2-c2ccccc21. The van der Waals surface area contributed by atoms with E-state index in [1.807, 2.05) is 36.4 Å². The minimum Gasteiger partial charge on any atom is -0.478 e. The van der Waals surface area contributed by atoms with Gasteiger partial charge in [-0.3, -0.25) is 4.79 Å². The maximum absolute atomic E-state index is 12.4. The summed E-state index contributed by atoms with van der Waals surface area (Å²) < 4.78 is 6.05. The second kappa shape index (κ2) is 10.1. The molecule has 174 valence electrons. The van der Waals surface area contributed by atoms with Gasteiger partial charge >= 0.3 is 12.1 Å². The highest BCUT2D eigenvalue weighted by molar-refractivity contribution is 9.10. The Balaban J connectivity index is 1.31. The Bertz CT molecular complexity index is 1210. The lowest BCUT2D eigenvalue weighted by Crippen LogP contribution is -2.36. The van der Waals surface area contributed by atoms with E-state index in [0.29, 0.717) is 10.2 Å². The third kappa shape index (κ3) is 5.28. The van der Waals surface area contributed by atoms with Gasteiger partial charge in [-0.1, -0.05) is 64.5 Å². The normalized spacial score (nSPS) is 12.9. The van der Waals surface area contributed by atoms with E-state index in [0.717, 1.165) is 22.3 Å². The van der Waals surface area contributed by atoms with Gasteiger partial charge in [0, 0.05) is 28.5 Å². The number of hydrogen-bond acceptors (Lipinski definition) is 4. The maximum atomic E-state index is 12.4. The fourth-order valence-corrected chi connectivity index (χ4v) is 4.66. The molecule has 1 aliphatic carbocycles. The average Bonchev–Trinajstić information content (AvgIpc) is 3.10. The summed E-state index contributed by atoms with van der Waals surface area (Å²) >= 11 is 3.23. The molecule has 34 heavy (non-hydrogen) atoms. The number of aromatic carboxylic acids is 1. The molecule has 0 saturated carbocycles. The summed E-state index contributed by atoms with van der Waals surface area (Å²) in [5.74, 6) is -1.50. The van der Waals surface area contributed by atoms with E-state index in [2.05, 4.69) is 38.7 Å². The van der Waals surface area contributed by atoms with E-state index >= 15 is 0 Å². The monoisotopic (exact) mass is 522 g/mol. The average molecular weight is 523 g/mol. The second-order valence-electron chi connectivity index (χ2n) is 8.16. The van der Waals surface area contributed by atoms with Crippen LogP contribution in [0.1, 0.15) is 40.7 Å². The number of carboxylic acids is 1. The number of anilines is 1. The summed E-state index contributed by atoms with van der Waals surface area (Å²) in [5, 5.41) is 14.5. The van der Waals surface area contributed by atoms with Gasteiger partial charge in [-0.05, 0) is 47.4 Å². The van der Waals surface area contributed by atoms with Crippen molar-refractivity contribution in [1.29, 1.82) is 0 Å². The Morgan fingerprint density at radius 3 is 2.24 bits per heavy atom. The lowest BCUT2D eigenvalue weighted by atomic mass is 9.98. The van der Waals surface area contributed by atoms with Gasteiger partial charge in [0.05, 0.1) is 5.56 Å². The molecule has 0 saturated heterocycles. The van der Waals surface area contributed by atoms with Crippen molar-refractivity contribution in [2.45, 2.75) is 25.3 Å². The Morgan fingerprint density at radius 1 is 1.00 bits per heavy atom. The van der Waals surface area contributed by atoms with Crippen LogP contribution in [0.2, 0.25) is 0 Å². The molecule has 0 spiro atoms. The van der Waals surface area contributed by atoms with Gasteiger partial charge in [-0.25, -0.2) is 9.59 Å². The van der Waals surface area contributed by atoms with Crippen molar-refractivity contribution < 1.29 is 24.2 Å². The molecular weight excluding hydrogens is 500 g/mol. The lowest BCUT2D eigenvalue weighted by molar-refractivity contribution is -0.116. The fraction of sp³-hybridized carbons (Fsp3) is 0.192. The fourth-order valence-electron chi connectivity index (χ4n) is 4.17. The largest absolute Gasteiger partial charge is 0.478 e. The van der Waals surface area contributed by atoms with Crippen LogP contribution in [0.5, 0.6) is 0 Å². The van der Waals surface area contributed by atoms with E-state index in [1.165, 1.54) is 12.1 Å². The third-order valence-corrected chi connectivity index (χ3v) is 6.09. The number of alkyl carbamates (subject to hydrolysis) is 1. The first-order chi connectivity index (χ1) is 16.3. The molecule has 4 rings (SSSR count). The Hall–Kier alpha value is -3.65. The van der Waals surface area contributed by atoms with Crippen LogP contribution < -0.4 is 10.6 Å². The molecule has 7 nitrogen and oxygen atoms in total. The van der Waals surface area contributed by atoms with Crippen LogP contribution in [0.4, 0.5) is 10.5 Å². The van der Waals surface area contributed by atoms with Crippen molar-refractivity contribution >= 4 is 39.6 Å². The highest BCUT2D eigenvalue weighted by Crippen LogP contribution is 2.44. The summed E-state index contributed by atoms with van der Waals surface area (Å²) in [6, 6.07) is 20.1. The minimum atomic E-state index is -1.10. The summed E-state index contributed by atoms with van der Waals surface area (Å²) in [5.41, 5.74) is 4.95. The number of carbonyl (C=O) groups excluding carboxylic acids is 2. The van der Waals surface area contributed by atoms with Gasteiger partial charge in [0.25, 0.3) is 0 Å². The van der Waals surface area contributed by atoms with E-state index in [9.17, 15) is 14.4 Å². The Labute approximate surface area is 205 Å². The zero-order chi connectivity index (χ0) is 24.2. The van der Waals surface area contributed by atoms with Crippen LogP contribution in [-0.4, -0.2) is 35.7 Å². The van der Waals surface area contributed by atoms with Crippen LogP contribution in [-0.2, 0) is 9.53 Å². The predicted molar refractivity (Wildman–Crippen MR) is 132 cm³/mol. The molecule has 0 bridgehead atoms. The molecular formula is C26H23BrN2O5. The number of nitrogens with one attached hydrogen (secondary N) is 2. The molecule has 3 aromatic rings. The standard InChI is InChI=1S/C26H23BrN2O5/c1-15(10-24(30)29-18-12-16(25(31)32)11-17(27)13-18)28-26(33)34-14-23-21-8-4-2-6-19(21)20-7-3-5-9-22(20)23/h2-9,11-13,15,23H,10,14H2,1H3,(H,28,33)(H,29,30)(H,31,32)/t15-/m0/s1. The lowest BCUT2D eigenvalue weighted by Gasteiger charge is -2.17. The predicted octanol–water partition coefficient (Wildman–Crippen LogP) is 5.40. The van der Waals surface area contributed by atoms with Crippen LogP contribution in [0, 0.1) is 0 Å². The van der Waals surface area contributed by atoms with Crippen LogP contribution in [0.15, 0.2) is 71.2 Å². The number of amides is 2. The van der Waals surface area contributed by atoms with Crippen molar-refractivity contribution in [3.63, 3.8) is 0 Å². The van der Waals surface area contributed by atoms with Crippen molar-refractivity contribution in [3.05, 3.63) is 87.9 Å².